The molecule has 2 rings (SSSR count). The molecule has 1 aromatic heterocycles. The van der Waals surface area contributed by atoms with Crippen LogP contribution in [0.15, 0.2) is 30.3 Å². The third-order valence-electron chi connectivity index (χ3n) is 1.85. The molecule has 0 atom stereocenters. The Kier molecular flexibility index (Phi) is 3.43. The van der Waals surface area contributed by atoms with Crippen LogP contribution in [0.5, 0.6) is 11.6 Å². The molecule has 0 radical (unpaired) electrons. The Labute approximate surface area is 107 Å². The fourth-order valence-electron chi connectivity index (χ4n) is 1.14. The van der Waals surface area contributed by atoms with Crippen LogP contribution in [-0.4, -0.2) is 9.97 Å². The van der Waals surface area contributed by atoms with E-state index in [0.29, 0.717) is 11.3 Å². The predicted molar refractivity (Wildman–Crippen MR) is 63.3 cm³/mol. The lowest BCUT2D eigenvalue weighted by atomic mass is 10.2. The van der Waals surface area contributed by atoms with Gasteiger partial charge in [-0.2, -0.15) is 10.2 Å². The maximum absolute atomic E-state index is 8.64. The molecule has 6 heteroatoms. The van der Waals surface area contributed by atoms with Crippen LogP contribution in [-0.2, 0) is 0 Å². The highest BCUT2D eigenvalue weighted by Gasteiger charge is 2.03. The fourth-order valence-corrected chi connectivity index (χ4v) is 1.53. The molecular weight excluding hydrogens is 261 g/mol. The normalized spacial score (nSPS) is 9.71. The minimum Gasteiger partial charge on any atom is -0.439 e. The van der Waals surface area contributed by atoms with E-state index in [1.807, 2.05) is 6.07 Å². The molecule has 84 valence electrons. The van der Waals surface area contributed by atoms with Crippen molar-refractivity contribution < 1.29 is 4.74 Å². The van der Waals surface area contributed by atoms with E-state index in [9.17, 15) is 0 Å². The number of nitrogens with zero attached hydrogens (tertiary/aromatic N) is 3. The number of hydrogen-bond acceptors (Lipinski definition) is 4. The molecule has 0 aliphatic heterocycles. The van der Waals surface area contributed by atoms with Gasteiger partial charge >= 0.3 is 0 Å². The molecule has 0 aliphatic rings. The Balaban J connectivity index is 2.22. The summed E-state index contributed by atoms with van der Waals surface area (Å²) in [5.41, 5.74) is 0.552. The largest absolute Gasteiger partial charge is 0.439 e. The van der Waals surface area contributed by atoms with Crippen molar-refractivity contribution in [1.29, 1.82) is 5.26 Å². The topological polar surface area (TPSA) is 58.8 Å². The number of hydrogen-bond donors (Lipinski definition) is 0. The highest BCUT2D eigenvalue weighted by molar-refractivity contribution is 6.31. The molecule has 0 unspecified atom stereocenters. The average Bonchev–Trinajstić information content (AvgIpc) is 2.28. The highest BCUT2D eigenvalue weighted by atomic mass is 35.5. The Morgan fingerprint density at radius 2 is 1.82 bits per heavy atom. The summed E-state index contributed by atoms with van der Waals surface area (Å²) < 4.78 is 5.41. The molecule has 0 bridgehead atoms. The van der Waals surface area contributed by atoms with Gasteiger partial charge in [-0.3, -0.25) is 0 Å². The van der Waals surface area contributed by atoms with Crippen LogP contribution in [0.1, 0.15) is 5.56 Å². The smallest absolute Gasteiger partial charge is 0.227 e. The minimum atomic E-state index is 0.0149. The van der Waals surface area contributed by atoms with Gasteiger partial charge in [0.15, 0.2) is 0 Å². The van der Waals surface area contributed by atoms with Gasteiger partial charge in [0.25, 0.3) is 0 Å². The van der Waals surface area contributed by atoms with Crippen molar-refractivity contribution in [3.63, 3.8) is 0 Å². The van der Waals surface area contributed by atoms with Crippen molar-refractivity contribution in [2.45, 2.75) is 0 Å². The number of aromatic nitrogens is 2. The summed E-state index contributed by atoms with van der Waals surface area (Å²) in [5, 5.41) is 8.86. The molecule has 4 nitrogen and oxygen atoms in total. The Morgan fingerprint density at radius 3 is 2.41 bits per heavy atom. The zero-order valence-corrected chi connectivity index (χ0v) is 9.90. The first-order chi connectivity index (χ1) is 8.17. The second-order valence-electron chi connectivity index (χ2n) is 3.04. The number of ether oxygens (including phenoxy) is 1. The first-order valence-corrected chi connectivity index (χ1v) is 5.31. The van der Waals surface area contributed by atoms with Gasteiger partial charge in [0.05, 0.1) is 11.6 Å². The lowest BCUT2D eigenvalue weighted by Gasteiger charge is -2.04. The van der Waals surface area contributed by atoms with E-state index in [-0.39, 0.29) is 16.3 Å². The monoisotopic (exact) mass is 265 g/mol. The summed E-state index contributed by atoms with van der Waals surface area (Å²) in [5.74, 6) is 0.787. The molecule has 2 aromatic rings. The van der Waals surface area contributed by atoms with Crippen molar-refractivity contribution in [1.82, 2.24) is 9.97 Å². The van der Waals surface area contributed by atoms with Crippen LogP contribution in [0.25, 0.3) is 0 Å². The van der Waals surface area contributed by atoms with Crippen LogP contribution in [0.4, 0.5) is 0 Å². The zero-order valence-electron chi connectivity index (χ0n) is 8.39. The van der Waals surface area contributed by atoms with E-state index in [0.717, 1.165) is 0 Å². The Hall–Kier alpha value is -1.83. The fraction of sp³-hybridized carbons (Fsp3) is 0. The molecule has 0 spiro atoms. The average molecular weight is 266 g/mol. The number of nitriles is 1. The van der Waals surface area contributed by atoms with Crippen molar-refractivity contribution >= 4 is 23.2 Å². The van der Waals surface area contributed by atoms with E-state index in [1.54, 1.807) is 24.3 Å². The van der Waals surface area contributed by atoms with Crippen LogP contribution in [0.2, 0.25) is 10.4 Å². The van der Waals surface area contributed by atoms with Crippen molar-refractivity contribution in [3.05, 3.63) is 46.3 Å². The first kappa shape index (κ1) is 11.6. The van der Waals surface area contributed by atoms with Gasteiger partial charge in [-0.1, -0.05) is 11.6 Å². The van der Waals surface area contributed by atoms with E-state index in [4.69, 9.17) is 33.2 Å². The number of rotatable bonds is 2. The van der Waals surface area contributed by atoms with Crippen LogP contribution in [0.3, 0.4) is 0 Å². The van der Waals surface area contributed by atoms with E-state index >= 15 is 0 Å². The van der Waals surface area contributed by atoms with Crippen molar-refractivity contribution in [2.75, 3.05) is 0 Å². The van der Waals surface area contributed by atoms with Gasteiger partial charge in [0, 0.05) is 6.07 Å². The van der Waals surface area contributed by atoms with Gasteiger partial charge in [0.1, 0.15) is 10.9 Å². The van der Waals surface area contributed by atoms with Crippen LogP contribution < -0.4 is 4.74 Å². The van der Waals surface area contributed by atoms with E-state index in [1.165, 1.54) is 6.07 Å². The SMILES string of the molecule is N#Cc1ccc(Oc2cc(Cl)nc(Cl)n2)cc1. The molecule has 1 heterocycles. The lowest BCUT2D eigenvalue weighted by Crippen LogP contribution is -1.90. The first-order valence-electron chi connectivity index (χ1n) is 4.55. The maximum Gasteiger partial charge on any atom is 0.227 e. The number of halogens is 2. The standard InChI is InChI=1S/C11H5Cl2N3O/c12-9-5-10(16-11(13)15-9)17-8-3-1-7(6-14)2-4-8/h1-5H. The second kappa shape index (κ2) is 5.00. The molecule has 0 saturated carbocycles. The van der Waals surface area contributed by atoms with Crippen LogP contribution in [0, 0.1) is 11.3 Å². The molecule has 0 N–H and O–H groups in total. The van der Waals surface area contributed by atoms with Gasteiger partial charge < -0.3 is 4.74 Å². The summed E-state index contributed by atoms with van der Waals surface area (Å²) in [6, 6.07) is 10.1. The van der Waals surface area contributed by atoms with E-state index < -0.39 is 0 Å². The minimum absolute atomic E-state index is 0.0149. The quantitative estimate of drug-likeness (QED) is 0.617. The second-order valence-corrected chi connectivity index (χ2v) is 3.76. The molecule has 0 aliphatic carbocycles. The summed E-state index contributed by atoms with van der Waals surface area (Å²) in [7, 11) is 0. The molecule has 0 fully saturated rings. The molecule has 0 amide bonds. The van der Waals surface area contributed by atoms with Crippen molar-refractivity contribution in [3.8, 4) is 17.7 Å². The van der Waals surface area contributed by atoms with Crippen LogP contribution >= 0.6 is 23.2 Å². The highest BCUT2D eigenvalue weighted by Crippen LogP contribution is 2.23. The van der Waals surface area contributed by atoms with Gasteiger partial charge in [-0.05, 0) is 35.9 Å². The van der Waals surface area contributed by atoms with Gasteiger partial charge in [-0.15, -0.1) is 0 Å². The molecule has 1 aromatic carbocycles. The maximum atomic E-state index is 8.64. The van der Waals surface area contributed by atoms with Crippen molar-refractivity contribution in [2.24, 2.45) is 0 Å². The summed E-state index contributed by atoms with van der Waals surface area (Å²) in [4.78, 5) is 7.55. The summed E-state index contributed by atoms with van der Waals surface area (Å²) in [6.45, 7) is 0. The van der Waals surface area contributed by atoms with Gasteiger partial charge in [-0.25, -0.2) is 4.98 Å². The summed E-state index contributed by atoms with van der Waals surface area (Å²) in [6.07, 6.45) is 0. The molecular formula is C11H5Cl2N3O. The lowest BCUT2D eigenvalue weighted by molar-refractivity contribution is 0.461. The van der Waals surface area contributed by atoms with E-state index in [2.05, 4.69) is 9.97 Å². The summed E-state index contributed by atoms with van der Waals surface area (Å²) >= 11 is 11.3. The third-order valence-corrected chi connectivity index (χ3v) is 2.21. The Morgan fingerprint density at radius 1 is 1.12 bits per heavy atom. The Bertz CT molecular complexity index is 558. The zero-order chi connectivity index (χ0) is 12.3. The molecule has 17 heavy (non-hydrogen) atoms. The third kappa shape index (κ3) is 3.06. The van der Waals surface area contributed by atoms with Gasteiger partial charge in [0.2, 0.25) is 11.2 Å². The number of benzene rings is 1. The molecule has 0 saturated heterocycles. The predicted octanol–water partition coefficient (Wildman–Crippen LogP) is 3.45.